The van der Waals surface area contributed by atoms with Crippen molar-refractivity contribution in [3.8, 4) is 17.0 Å². The molecule has 0 bridgehead atoms. The molecule has 0 radical (unpaired) electrons. The van der Waals surface area contributed by atoms with Crippen LogP contribution >= 0.6 is 0 Å². The molecule has 1 aliphatic heterocycles. The monoisotopic (exact) mass is 476 g/mol. The van der Waals surface area contributed by atoms with Crippen LogP contribution in [0.4, 0.5) is 5.82 Å². The lowest BCUT2D eigenvalue weighted by Crippen LogP contribution is -2.48. The first-order valence-corrected chi connectivity index (χ1v) is 12.1. The molecule has 0 atom stereocenters. The molecule has 4 aromatic rings. The Hall–Kier alpha value is -4.45. The Balaban J connectivity index is 1.12. The van der Waals surface area contributed by atoms with Crippen LogP contribution in [0.1, 0.15) is 11.1 Å². The van der Waals surface area contributed by atoms with Gasteiger partial charge in [0.2, 0.25) is 5.91 Å². The summed E-state index contributed by atoms with van der Waals surface area (Å²) in [6.07, 6.45) is 5.11. The number of amides is 1. The summed E-state index contributed by atoms with van der Waals surface area (Å²) in [5.41, 5.74) is 4.06. The number of aromatic nitrogens is 2. The van der Waals surface area contributed by atoms with Crippen LogP contribution in [0.25, 0.3) is 17.3 Å². The summed E-state index contributed by atoms with van der Waals surface area (Å²) in [6, 6.07) is 29.9. The van der Waals surface area contributed by atoms with Gasteiger partial charge < -0.3 is 14.5 Å². The Labute approximate surface area is 211 Å². The van der Waals surface area contributed by atoms with E-state index < -0.39 is 0 Å². The molecule has 6 heteroatoms. The summed E-state index contributed by atoms with van der Waals surface area (Å²) < 4.78 is 5.83. The minimum absolute atomic E-state index is 0.0201. The predicted octanol–water partition coefficient (Wildman–Crippen LogP) is 5.08. The number of piperazine rings is 1. The fraction of sp³-hybridized carbons (Fsp3) is 0.167. The van der Waals surface area contributed by atoms with Crippen molar-refractivity contribution in [1.29, 1.82) is 0 Å². The summed E-state index contributed by atoms with van der Waals surface area (Å²) in [4.78, 5) is 25.7. The third-order valence-electron chi connectivity index (χ3n) is 6.18. The van der Waals surface area contributed by atoms with Gasteiger partial charge in [0.05, 0.1) is 5.69 Å². The first kappa shape index (κ1) is 23.3. The highest BCUT2D eigenvalue weighted by molar-refractivity contribution is 5.92. The Morgan fingerprint density at radius 3 is 2.25 bits per heavy atom. The number of rotatable bonds is 7. The molecule has 5 rings (SSSR count). The SMILES string of the molecule is O=C(/C=C/c1ccc(OCc2ccccc2)cc1)N1CCN(c2cc(-c3ccccc3)ncn2)CC1. The Bertz CT molecular complexity index is 1300. The maximum atomic E-state index is 12.8. The number of carbonyl (C=O) groups is 1. The third kappa shape index (κ3) is 5.96. The van der Waals surface area contributed by atoms with Crippen LogP contribution in [0.2, 0.25) is 0 Å². The summed E-state index contributed by atoms with van der Waals surface area (Å²) in [5.74, 6) is 1.71. The molecule has 2 heterocycles. The van der Waals surface area contributed by atoms with Gasteiger partial charge >= 0.3 is 0 Å². The number of ether oxygens (including phenoxy) is 1. The van der Waals surface area contributed by atoms with Gasteiger partial charge in [0.15, 0.2) is 0 Å². The van der Waals surface area contributed by atoms with Gasteiger partial charge in [-0.15, -0.1) is 0 Å². The number of benzene rings is 3. The van der Waals surface area contributed by atoms with Crippen LogP contribution in [-0.4, -0.2) is 47.0 Å². The maximum Gasteiger partial charge on any atom is 0.246 e. The minimum Gasteiger partial charge on any atom is -0.489 e. The summed E-state index contributed by atoms with van der Waals surface area (Å²) >= 11 is 0. The standard InChI is InChI=1S/C30H28N4O2/c35-30(16-13-24-11-14-27(15-12-24)36-22-25-7-3-1-4-8-25)34-19-17-33(18-20-34)29-21-28(31-23-32-29)26-9-5-2-6-10-26/h1-16,21,23H,17-20,22H2/b16-13+. The van der Waals surface area contributed by atoms with E-state index in [9.17, 15) is 4.79 Å². The number of anilines is 1. The topological polar surface area (TPSA) is 58.6 Å². The molecule has 1 amide bonds. The minimum atomic E-state index is 0.0201. The quantitative estimate of drug-likeness (QED) is 0.348. The second kappa shape index (κ2) is 11.3. The van der Waals surface area contributed by atoms with Crippen molar-refractivity contribution in [1.82, 2.24) is 14.9 Å². The van der Waals surface area contributed by atoms with E-state index in [0.717, 1.165) is 47.0 Å². The van der Waals surface area contributed by atoms with Gasteiger partial charge in [-0.05, 0) is 29.3 Å². The van der Waals surface area contributed by atoms with Gasteiger partial charge in [-0.2, -0.15) is 0 Å². The smallest absolute Gasteiger partial charge is 0.246 e. The molecule has 0 aliphatic carbocycles. The number of hydrogen-bond acceptors (Lipinski definition) is 5. The van der Waals surface area contributed by atoms with Crippen LogP contribution in [0.5, 0.6) is 5.75 Å². The molecule has 180 valence electrons. The lowest BCUT2D eigenvalue weighted by atomic mass is 10.1. The predicted molar refractivity (Wildman–Crippen MR) is 143 cm³/mol. The van der Waals surface area contributed by atoms with Gasteiger partial charge in [-0.1, -0.05) is 72.8 Å². The van der Waals surface area contributed by atoms with Crippen molar-refractivity contribution in [3.63, 3.8) is 0 Å². The molecule has 1 fully saturated rings. The molecule has 3 aromatic carbocycles. The van der Waals surface area contributed by atoms with Crippen molar-refractivity contribution in [2.45, 2.75) is 6.61 Å². The number of carbonyl (C=O) groups excluding carboxylic acids is 1. The van der Waals surface area contributed by atoms with E-state index in [1.54, 1.807) is 12.4 Å². The van der Waals surface area contributed by atoms with Crippen LogP contribution in [-0.2, 0) is 11.4 Å². The highest BCUT2D eigenvalue weighted by atomic mass is 16.5. The van der Waals surface area contributed by atoms with Gasteiger partial charge in [-0.3, -0.25) is 4.79 Å². The molecule has 0 unspecified atom stereocenters. The molecule has 1 aliphatic rings. The largest absolute Gasteiger partial charge is 0.489 e. The molecule has 0 saturated carbocycles. The van der Waals surface area contributed by atoms with Gasteiger partial charge in [0.25, 0.3) is 0 Å². The molecule has 6 nitrogen and oxygen atoms in total. The lowest BCUT2D eigenvalue weighted by Gasteiger charge is -2.35. The van der Waals surface area contributed by atoms with Crippen LogP contribution in [0.15, 0.2) is 103 Å². The average molecular weight is 477 g/mol. The zero-order valence-electron chi connectivity index (χ0n) is 20.0. The van der Waals surface area contributed by atoms with Crippen molar-refractivity contribution in [2.75, 3.05) is 31.1 Å². The maximum absolute atomic E-state index is 12.8. The Morgan fingerprint density at radius 2 is 1.53 bits per heavy atom. The number of nitrogens with zero attached hydrogens (tertiary/aromatic N) is 4. The molecule has 1 aromatic heterocycles. The van der Waals surface area contributed by atoms with Crippen LogP contribution in [0.3, 0.4) is 0 Å². The molecule has 1 saturated heterocycles. The van der Waals surface area contributed by atoms with E-state index in [0.29, 0.717) is 19.7 Å². The van der Waals surface area contributed by atoms with E-state index in [1.807, 2.05) is 102 Å². The first-order valence-electron chi connectivity index (χ1n) is 12.1. The fourth-order valence-electron chi connectivity index (χ4n) is 4.13. The molecule has 0 N–H and O–H groups in total. The summed E-state index contributed by atoms with van der Waals surface area (Å²) in [7, 11) is 0. The number of hydrogen-bond donors (Lipinski definition) is 0. The molecular formula is C30H28N4O2. The first-order chi connectivity index (χ1) is 17.7. The zero-order chi connectivity index (χ0) is 24.6. The highest BCUT2D eigenvalue weighted by Gasteiger charge is 2.21. The molecule has 0 spiro atoms. The van der Waals surface area contributed by atoms with Crippen molar-refractivity contribution in [3.05, 3.63) is 115 Å². The van der Waals surface area contributed by atoms with Crippen molar-refractivity contribution in [2.24, 2.45) is 0 Å². The summed E-state index contributed by atoms with van der Waals surface area (Å²) in [6.45, 7) is 3.31. The Kier molecular flexibility index (Phi) is 7.32. The second-order valence-corrected chi connectivity index (χ2v) is 8.62. The Morgan fingerprint density at radius 1 is 0.833 bits per heavy atom. The highest BCUT2D eigenvalue weighted by Crippen LogP contribution is 2.21. The van der Waals surface area contributed by atoms with E-state index in [1.165, 1.54) is 0 Å². The normalized spacial score (nSPS) is 13.7. The van der Waals surface area contributed by atoms with Crippen LogP contribution < -0.4 is 9.64 Å². The lowest BCUT2D eigenvalue weighted by molar-refractivity contribution is -0.126. The van der Waals surface area contributed by atoms with Crippen LogP contribution in [0, 0.1) is 0 Å². The second-order valence-electron chi connectivity index (χ2n) is 8.62. The van der Waals surface area contributed by atoms with E-state index >= 15 is 0 Å². The van der Waals surface area contributed by atoms with Crippen molar-refractivity contribution < 1.29 is 9.53 Å². The van der Waals surface area contributed by atoms with Gasteiger partial charge in [0.1, 0.15) is 24.5 Å². The zero-order valence-corrected chi connectivity index (χ0v) is 20.0. The fourth-order valence-corrected chi connectivity index (χ4v) is 4.13. The van der Waals surface area contributed by atoms with Gasteiger partial charge in [-0.25, -0.2) is 9.97 Å². The molecule has 36 heavy (non-hydrogen) atoms. The summed E-state index contributed by atoms with van der Waals surface area (Å²) in [5, 5.41) is 0. The van der Waals surface area contributed by atoms with E-state index in [4.69, 9.17) is 4.74 Å². The molecular weight excluding hydrogens is 448 g/mol. The van der Waals surface area contributed by atoms with Gasteiger partial charge in [0, 0.05) is 43.9 Å². The average Bonchev–Trinajstić information content (AvgIpc) is 2.96. The van der Waals surface area contributed by atoms with Crippen molar-refractivity contribution >= 4 is 17.8 Å². The third-order valence-corrected chi connectivity index (χ3v) is 6.18. The van der Waals surface area contributed by atoms with E-state index in [-0.39, 0.29) is 5.91 Å². The van der Waals surface area contributed by atoms with E-state index in [2.05, 4.69) is 14.9 Å².